The lowest BCUT2D eigenvalue weighted by Gasteiger charge is -2.31. The van der Waals surface area contributed by atoms with Crippen LogP contribution in [0.25, 0.3) is 0 Å². The van der Waals surface area contributed by atoms with E-state index in [2.05, 4.69) is 17.5 Å². The number of hydrogen-bond donors (Lipinski definition) is 1. The summed E-state index contributed by atoms with van der Waals surface area (Å²) in [6.07, 6.45) is 11.4. The van der Waals surface area contributed by atoms with E-state index in [-0.39, 0.29) is 23.9 Å². The lowest BCUT2D eigenvalue weighted by molar-refractivity contribution is -0.148. The third-order valence-electron chi connectivity index (χ3n) is 3.82. The van der Waals surface area contributed by atoms with Crippen molar-refractivity contribution in [1.29, 1.82) is 0 Å². The molecule has 4 heteroatoms. The third kappa shape index (κ3) is 3.19. The molecular formula is C14H22N2O2. The summed E-state index contributed by atoms with van der Waals surface area (Å²) in [4.78, 5) is 24.6. The maximum absolute atomic E-state index is 12.0. The Morgan fingerprint density at radius 1 is 1.22 bits per heavy atom. The molecule has 100 valence electrons. The SMILES string of the molecule is CN1C(=O)CCC(NC2/C=C/CCCCC2)C1=O. The third-order valence-corrected chi connectivity index (χ3v) is 3.82. The van der Waals surface area contributed by atoms with Gasteiger partial charge in [0, 0.05) is 19.5 Å². The number of nitrogens with zero attached hydrogens (tertiary/aromatic N) is 1. The molecule has 18 heavy (non-hydrogen) atoms. The van der Waals surface area contributed by atoms with E-state index in [4.69, 9.17) is 0 Å². The van der Waals surface area contributed by atoms with Gasteiger partial charge >= 0.3 is 0 Å². The van der Waals surface area contributed by atoms with E-state index in [1.807, 2.05) is 0 Å². The fourth-order valence-corrected chi connectivity index (χ4v) is 2.63. The molecule has 1 saturated heterocycles. The highest BCUT2D eigenvalue weighted by Gasteiger charge is 2.32. The molecule has 1 fully saturated rings. The van der Waals surface area contributed by atoms with Gasteiger partial charge in [-0.15, -0.1) is 0 Å². The quantitative estimate of drug-likeness (QED) is 0.598. The molecule has 2 amide bonds. The number of amides is 2. The van der Waals surface area contributed by atoms with Crippen molar-refractivity contribution < 1.29 is 9.59 Å². The van der Waals surface area contributed by atoms with E-state index in [0.717, 1.165) is 12.8 Å². The summed E-state index contributed by atoms with van der Waals surface area (Å²) in [5.74, 6) is -0.145. The molecule has 1 heterocycles. The van der Waals surface area contributed by atoms with Crippen molar-refractivity contribution in [3.63, 3.8) is 0 Å². The lowest BCUT2D eigenvalue weighted by Crippen LogP contribution is -2.53. The highest BCUT2D eigenvalue weighted by molar-refractivity contribution is 6.00. The average Bonchev–Trinajstić information content (AvgIpc) is 2.32. The molecular weight excluding hydrogens is 228 g/mol. The first kappa shape index (κ1) is 13.3. The van der Waals surface area contributed by atoms with E-state index < -0.39 is 0 Å². The lowest BCUT2D eigenvalue weighted by atomic mass is 9.99. The molecule has 2 rings (SSSR count). The van der Waals surface area contributed by atoms with E-state index in [0.29, 0.717) is 12.8 Å². The standard InChI is InChI=1S/C14H22N2O2/c1-16-13(17)10-9-12(14(16)18)15-11-7-5-3-2-4-6-8-11/h5,7,11-12,15H,2-4,6,8-10H2,1H3/b7-5+. The Balaban J connectivity index is 1.93. The molecule has 1 aliphatic carbocycles. The van der Waals surface area contributed by atoms with E-state index in [1.165, 1.54) is 24.2 Å². The van der Waals surface area contributed by atoms with Gasteiger partial charge < -0.3 is 0 Å². The van der Waals surface area contributed by atoms with Gasteiger partial charge in [0.1, 0.15) is 0 Å². The largest absolute Gasteiger partial charge is 0.300 e. The van der Waals surface area contributed by atoms with Gasteiger partial charge in [0.05, 0.1) is 6.04 Å². The van der Waals surface area contributed by atoms with Gasteiger partial charge in [-0.3, -0.25) is 19.8 Å². The number of carbonyl (C=O) groups is 2. The summed E-state index contributed by atoms with van der Waals surface area (Å²) < 4.78 is 0. The number of nitrogens with one attached hydrogen (secondary N) is 1. The first-order chi connectivity index (χ1) is 8.68. The zero-order chi connectivity index (χ0) is 13.0. The van der Waals surface area contributed by atoms with Crippen LogP contribution >= 0.6 is 0 Å². The second-order valence-corrected chi connectivity index (χ2v) is 5.22. The first-order valence-corrected chi connectivity index (χ1v) is 6.91. The predicted molar refractivity (Wildman–Crippen MR) is 69.9 cm³/mol. The minimum absolute atomic E-state index is 0.0636. The first-order valence-electron chi connectivity index (χ1n) is 6.91. The Bertz CT molecular complexity index is 352. The van der Waals surface area contributed by atoms with Gasteiger partial charge in [0.2, 0.25) is 11.8 Å². The molecule has 0 aromatic rings. The minimum atomic E-state index is -0.193. The van der Waals surface area contributed by atoms with Gasteiger partial charge in [-0.1, -0.05) is 25.0 Å². The van der Waals surface area contributed by atoms with Crippen LogP contribution in [0.1, 0.15) is 44.9 Å². The van der Waals surface area contributed by atoms with Crippen LogP contribution in [0.2, 0.25) is 0 Å². The monoisotopic (exact) mass is 250 g/mol. The van der Waals surface area contributed by atoms with Crippen LogP contribution in [-0.4, -0.2) is 35.8 Å². The van der Waals surface area contributed by atoms with Crippen LogP contribution in [0.15, 0.2) is 12.2 Å². The fourth-order valence-electron chi connectivity index (χ4n) is 2.63. The van der Waals surface area contributed by atoms with Crippen LogP contribution in [0, 0.1) is 0 Å². The van der Waals surface area contributed by atoms with Crippen LogP contribution in [0.5, 0.6) is 0 Å². The Morgan fingerprint density at radius 3 is 2.89 bits per heavy atom. The zero-order valence-corrected chi connectivity index (χ0v) is 11.0. The van der Waals surface area contributed by atoms with Crippen molar-refractivity contribution in [2.45, 2.75) is 57.0 Å². The molecule has 0 radical (unpaired) electrons. The van der Waals surface area contributed by atoms with Gasteiger partial charge in [0.25, 0.3) is 0 Å². The number of likely N-dealkylation sites (N-methyl/N-ethyl adjacent to an activating group) is 1. The Morgan fingerprint density at radius 2 is 2.06 bits per heavy atom. The van der Waals surface area contributed by atoms with Crippen LogP contribution < -0.4 is 5.32 Å². The number of likely N-dealkylation sites (tertiary alicyclic amines) is 1. The summed E-state index contributed by atoms with van der Waals surface area (Å²) in [7, 11) is 1.58. The molecule has 0 saturated carbocycles. The molecule has 0 aromatic carbocycles. The van der Waals surface area contributed by atoms with Gasteiger partial charge in [-0.25, -0.2) is 0 Å². The Labute approximate surface area is 108 Å². The number of carbonyl (C=O) groups excluding carboxylic acids is 2. The smallest absolute Gasteiger partial charge is 0.246 e. The highest BCUT2D eigenvalue weighted by atomic mass is 16.2. The van der Waals surface area contributed by atoms with Crippen molar-refractivity contribution >= 4 is 11.8 Å². The maximum atomic E-state index is 12.0. The summed E-state index contributed by atoms with van der Waals surface area (Å²) in [6, 6.07) is 0.0858. The van der Waals surface area contributed by atoms with Crippen molar-refractivity contribution in [2.75, 3.05) is 7.05 Å². The molecule has 0 spiro atoms. The maximum Gasteiger partial charge on any atom is 0.246 e. The molecule has 0 bridgehead atoms. The molecule has 1 N–H and O–H groups in total. The molecule has 1 aliphatic heterocycles. The predicted octanol–water partition coefficient (Wildman–Crippen LogP) is 1.61. The van der Waals surface area contributed by atoms with Gasteiger partial charge in [-0.2, -0.15) is 0 Å². The second-order valence-electron chi connectivity index (χ2n) is 5.22. The molecule has 2 unspecified atom stereocenters. The zero-order valence-electron chi connectivity index (χ0n) is 11.0. The number of imide groups is 1. The normalized spacial score (nSPS) is 31.9. The summed E-state index contributed by atoms with van der Waals surface area (Å²) in [5.41, 5.74) is 0. The topological polar surface area (TPSA) is 49.4 Å². The average molecular weight is 250 g/mol. The molecule has 4 nitrogen and oxygen atoms in total. The van der Waals surface area contributed by atoms with Crippen molar-refractivity contribution in [2.24, 2.45) is 0 Å². The molecule has 0 aromatic heterocycles. The van der Waals surface area contributed by atoms with E-state index in [1.54, 1.807) is 7.05 Å². The number of hydrogen-bond acceptors (Lipinski definition) is 3. The Hall–Kier alpha value is -1.16. The van der Waals surface area contributed by atoms with Crippen LogP contribution in [-0.2, 0) is 9.59 Å². The van der Waals surface area contributed by atoms with E-state index >= 15 is 0 Å². The molecule has 2 aliphatic rings. The van der Waals surface area contributed by atoms with Crippen molar-refractivity contribution in [1.82, 2.24) is 10.2 Å². The van der Waals surface area contributed by atoms with Crippen molar-refractivity contribution in [3.05, 3.63) is 12.2 Å². The number of piperidine rings is 1. The van der Waals surface area contributed by atoms with Crippen LogP contribution in [0.4, 0.5) is 0 Å². The Kier molecular flexibility index (Phi) is 4.53. The van der Waals surface area contributed by atoms with E-state index in [9.17, 15) is 9.59 Å². The number of rotatable bonds is 2. The van der Waals surface area contributed by atoms with Crippen molar-refractivity contribution in [3.8, 4) is 0 Å². The fraction of sp³-hybridized carbons (Fsp3) is 0.714. The summed E-state index contributed by atoms with van der Waals surface area (Å²) in [5, 5.41) is 3.40. The second kappa shape index (κ2) is 6.14. The number of allylic oxidation sites excluding steroid dienone is 1. The van der Waals surface area contributed by atoms with Gasteiger partial charge in [-0.05, 0) is 25.7 Å². The minimum Gasteiger partial charge on any atom is -0.300 e. The highest BCUT2D eigenvalue weighted by Crippen LogP contribution is 2.16. The molecule has 2 atom stereocenters. The summed E-state index contributed by atoms with van der Waals surface area (Å²) in [6.45, 7) is 0. The van der Waals surface area contributed by atoms with Crippen LogP contribution in [0.3, 0.4) is 0 Å². The van der Waals surface area contributed by atoms with Gasteiger partial charge in [0.15, 0.2) is 0 Å². The summed E-state index contributed by atoms with van der Waals surface area (Å²) >= 11 is 0.